The molecule has 2 aromatic carbocycles. The van der Waals surface area contributed by atoms with Crippen LogP contribution in [0.25, 0.3) is 0 Å². The van der Waals surface area contributed by atoms with Crippen LogP contribution in [0.15, 0.2) is 52.4 Å². The van der Waals surface area contributed by atoms with E-state index in [1.807, 2.05) is 6.07 Å². The number of phenols is 1. The van der Waals surface area contributed by atoms with E-state index in [0.29, 0.717) is 17.1 Å². The molecule has 0 aliphatic rings. The second-order valence-electron chi connectivity index (χ2n) is 5.74. The van der Waals surface area contributed by atoms with Crippen molar-refractivity contribution in [3.8, 4) is 17.2 Å². The van der Waals surface area contributed by atoms with Gasteiger partial charge in [0.2, 0.25) is 5.95 Å². The van der Waals surface area contributed by atoms with Crippen molar-refractivity contribution in [1.82, 2.24) is 15.2 Å². The smallest absolute Gasteiger partial charge is 0.274 e. The van der Waals surface area contributed by atoms with Crippen LogP contribution in [0.4, 0.5) is 5.95 Å². The maximum atomic E-state index is 12.3. The molecule has 0 saturated carbocycles. The Labute approximate surface area is 160 Å². The Morgan fingerprint density at radius 1 is 1.14 bits per heavy atom. The minimum atomic E-state index is -0.384. The summed E-state index contributed by atoms with van der Waals surface area (Å²) in [6.07, 6.45) is 1.69. The highest BCUT2D eigenvalue weighted by molar-refractivity contribution is 5.83. The van der Waals surface area contributed by atoms with E-state index in [1.165, 1.54) is 6.21 Å². The first-order valence-electron chi connectivity index (χ1n) is 8.34. The fourth-order valence-corrected chi connectivity index (χ4v) is 2.47. The van der Waals surface area contributed by atoms with Crippen molar-refractivity contribution in [2.75, 3.05) is 19.6 Å². The second-order valence-corrected chi connectivity index (χ2v) is 5.74. The average Bonchev–Trinajstić information content (AvgIpc) is 2.71. The Morgan fingerprint density at radius 2 is 1.93 bits per heavy atom. The molecule has 28 heavy (non-hydrogen) atoms. The van der Waals surface area contributed by atoms with Gasteiger partial charge in [-0.25, -0.2) is 5.43 Å². The Kier molecular flexibility index (Phi) is 5.85. The Hall–Kier alpha value is -3.88. The first-order chi connectivity index (χ1) is 13.6. The number of H-pyrrole nitrogens is 1. The monoisotopic (exact) mass is 381 g/mol. The SMILES string of the molecule is COc1ccc(Cc2nnc(N/N=C\c3ccccc3O)[nH]c2=O)cc1OC. The van der Waals surface area contributed by atoms with Crippen LogP contribution in [0.3, 0.4) is 0 Å². The summed E-state index contributed by atoms with van der Waals surface area (Å²) in [4.78, 5) is 14.8. The van der Waals surface area contributed by atoms with Gasteiger partial charge < -0.3 is 14.6 Å². The molecular weight excluding hydrogens is 362 g/mol. The first-order valence-corrected chi connectivity index (χ1v) is 8.34. The molecule has 9 heteroatoms. The number of aromatic nitrogens is 3. The average molecular weight is 381 g/mol. The number of hydrazone groups is 1. The van der Waals surface area contributed by atoms with Crippen LogP contribution in [0.2, 0.25) is 0 Å². The molecule has 0 bridgehead atoms. The molecule has 0 unspecified atom stereocenters. The number of benzene rings is 2. The number of rotatable bonds is 7. The van der Waals surface area contributed by atoms with Gasteiger partial charge in [-0.2, -0.15) is 5.10 Å². The molecule has 0 fully saturated rings. The number of para-hydroxylation sites is 1. The van der Waals surface area contributed by atoms with Crippen LogP contribution < -0.4 is 20.5 Å². The maximum absolute atomic E-state index is 12.3. The van der Waals surface area contributed by atoms with Crippen molar-refractivity contribution in [2.24, 2.45) is 5.10 Å². The highest BCUT2D eigenvalue weighted by Crippen LogP contribution is 2.28. The van der Waals surface area contributed by atoms with Crippen LogP contribution in [-0.2, 0) is 6.42 Å². The highest BCUT2D eigenvalue weighted by Gasteiger charge is 2.09. The summed E-state index contributed by atoms with van der Waals surface area (Å²) in [5.74, 6) is 1.36. The number of aromatic amines is 1. The van der Waals surface area contributed by atoms with E-state index in [0.717, 1.165) is 5.56 Å². The summed E-state index contributed by atoms with van der Waals surface area (Å²) < 4.78 is 10.5. The summed E-state index contributed by atoms with van der Waals surface area (Å²) in [5, 5.41) is 21.5. The molecule has 3 N–H and O–H groups in total. The third-order valence-electron chi connectivity index (χ3n) is 3.90. The van der Waals surface area contributed by atoms with Crippen molar-refractivity contribution >= 4 is 12.2 Å². The molecule has 0 aliphatic heterocycles. The molecule has 9 nitrogen and oxygen atoms in total. The van der Waals surface area contributed by atoms with E-state index in [4.69, 9.17) is 9.47 Å². The fourth-order valence-electron chi connectivity index (χ4n) is 2.47. The van der Waals surface area contributed by atoms with Crippen molar-refractivity contribution < 1.29 is 14.6 Å². The van der Waals surface area contributed by atoms with Gasteiger partial charge in [-0.05, 0) is 29.8 Å². The third-order valence-corrected chi connectivity index (χ3v) is 3.90. The van der Waals surface area contributed by atoms with Crippen LogP contribution in [-0.4, -0.2) is 40.7 Å². The number of methoxy groups -OCH3 is 2. The first kappa shape index (κ1) is 18.9. The van der Waals surface area contributed by atoms with Crippen molar-refractivity contribution in [3.63, 3.8) is 0 Å². The molecule has 3 aromatic rings. The van der Waals surface area contributed by atoms with E-state index < -0.39 is 0 Å². The van der Waals surface area contributed by atoms with Gasteiger partial charge in [0, 0.05) is 12.0 Å². The Balaban J connectivity index is 1.71. The highest BCUT2D eigenvalue weighted by atomic mass is 16.5. The number of hydrogen-bond acceptors (Lipinski definition) is 8. The maximum Gasteiger partial charge on any atom is 0.274 e. The fraction of sp³-hybridized carbons (Fsp3) is 0.158. The molecule has 0 aliphatic carbocycles. The van der Waals surface area contributed by atoms with Crippen LogP contribution in [0.5, 0.6) is 17.2 Å². The standard InChI is InChI=1S/C19H19N5O4/c1-27-16-8-7-12(10-17(16)28-2)9-14-18(26)21-19(24-22-14)23-20-11-13-5-3-4-6-15(13)25/h3-8,10-11,25H,9H2,1-2H3,(H2,21,23,24,26)/b20-11-. The van der Waals surface area contributed by atoms with Gasteiger partial charge in [0.05, 0.1) is 20.4 Å². The van der Waals surface area contributed by atoms with Gasteiger partial charge in [-0.3, -0.25) is 9.78 Å². The molecule has 144 valence electrons. The van der Waals surface area contributed by atoms with E-state index >= 15 is 0 Å². The van der Waals surface area contributed by atoms with Gasteiger partial charge >= 0.3 is 0 Å². The number of hydrogen-bond donors (Lipinski definition) is 3. The summed E-state index contributed by atoms with van der Waals surface area (Å²) in [7, 11) is 3.10. The third kappa shape index (κ3) is 4.44. The lowest BCUT2D eigenvalue weighted by molar-refractivity contribution is 0.354. The molecule has 0 radical (unpaired) electrons. The van der Waals surface area contributed by atoms with E-state index in [9.17, 15) is 9.90 Å². The number of ether oxygens (including phenoxy) is 2. The lowest BCUT2D eigenvalue weighted by Gasteiger charge is -2.09. The summed E-state index contributed by atoms with van der Waals surface area (Å²) >= 11 is 0. The zero-order valence-electron chi connectivity index (χ0n) is 15.3. The lowest BCUT2D eigenvalue weighted by atomic mass is 10.1. The van der Waals surface area contributed by atoms with Gasteiger partial charge in [0.1, 0.15) is 11.4 Å². The number of phenolic OH excluding ortho intramolecular Hbond substituents is 1. The minimum Gasteiger partial charge on any atom is -0.507 e. The summed E-state index contributed by atoms with van der Waals surface area (Å²) in [5.41, 5.74) is 3.80. The zero-order chi connectivity index (χ0) is 19.9. The van der Waals surface area contributed by atoms with Gasteiger partial charge in [0.25, 0.3) is 5.56 Å². The van der Waals surface area contributed by atoms with Crippen molar-refractivity contribution in [2.45, 2.75) is 6.42 Å². The second kappa shape index (κ2) is 8.67. The van der Waals surface area contributed by atoms with E-state index in [-0.39, 0.29) is 29.4 Å². The number of nitrogens with one attached hydrogen (secondary N) is 2. The Morgan fingerprint density at radius 3 is 2.64 bits per heavy atom. The lowest BCUT2D eigenvalue weighted by Crippen LogP contribution is -2.18. The summed E-state index contributed by atoms with van der Waals surface area (Å²) in [6, 6.07) is 12.1. The van der Waals surface area contributed by atoms with E-state index in [1.54, 1.807) is 50.6 Å². The number of aromatic hydroxyl groups is 1. The van der Waals surface area contributed by atoms with Crippen molar-refractivity contribution in [3.05, 3.63) is 69.6 Å². The van der Waals surface area contributed by atoms with Crippen LogP contribution in [0.1, 0.15) is 16.8 Å². The van der Waals surface area contributed by atoms with Crippen molar-refractivity contribution in [1.29, 1.82) is 0 Å². The molecule has 1 heterocycles. The Bertz CT molecular complexity index is 1050. The molecule has 0 saturated heterocycles. The molecule has 0 amide bonds. The quantitative estimate of drug-likeness (QED) is 0.422. The summed E-state index contributed by atoms with van der Waals surface area (Å²) in [6.45, 7) is 0. The minimum absolute atomic E-state index is 0.0905. The number of anilines is 1. The van der Waals surface area contributed by atoms with Gasteiger partial charge in [-0.15, -0.1) is 10.2 Å². The largest absolute Gasteiger partial charge is 0.507 e. The predicted molar refractivity (Wildman–Crippen MR) is 104 cm³/mol. The molecule has 1 aromatic heterocycles. The topological polar surface area (TPSA) is 122 Å². The van der Waals surface area contributed by atoms with Crippen LogP contribution in [0, 0.1) is 0 Å². The number of nitrogens with zero attached hydrogens (tertiary/aromatic N) is 3. The zero-order valence-corrected chi connectivity index (χ0v) is 15.3. The molecular formula is C19H19N5O4. The van der Waals surface area contributed by atoms with Crippen LogP contribution >= 0.6 is 0 Å². The van der Waals surface area contributed by atoms with Gasteiger partial charge in [-0.1, -0.05) is 18.2 Å². The molecule has 0 atom stereocenters. The van der Waals surface area contributed by atoms with Gasteiger partial charge in [0.15, 0.2) is 11.5 Å². The normalized spacial score (nSPS) is 10.8. The molecule has 0 spiro atoms. The molecule has 3 rings (SSSR count). The van der Waals surface area contributed by atoms with E-state index in [2.05, 4.69) is 25.7 Å². The predicted octanol–water partition coefficient (Wildman–Crippen LogP) is 1.92.